The van der Waals surface area contributed by atoms with Crippen LogP contribution in [0.3, 0.4) is 0 Å². The number of rotatable bonds is 8. The summed E-state index contributed by atoms with van der Waals surface area (Å²) in [5.74, 6) is 0.434. The number of hydrogen-bond acceptors (Lipinski definition) is 3. The van der Waals surface area contributed by atoms with Crippen LogP contribution < -0.4 is 5.32 Å². The van der Waals surface area contributed by atoms with Crippen molar-refractivity contribution < 1.29 is 8.42 Å². The SMILES string of the molecule is CCCc1ccc(C(CS(=O)(=O)CCC)NC)cc1. The van der Waals surface area contributed by atoms with E-state index in [1.807, 2.05) is 26.1 Å². The first-order chi connectivity index (χ1) is 9.02. The molecule has 4 heteroatoms. The highest BCUT2D eigenvalue weighted by atomic mass is 32.2. The Hall–Kier alpha value is -0.870. The Morgan fingerprint density at radius 2 is 1.74 bits per heavy atom. The monoisotopic (exact) mass is 283 g/mol. The minimum atomic E-state index is -2.97. The quantitative estimate of drug-likeness (QED) is 0.798. The fourth-order valence-electron chi connectivity index (χ4n) is 2.20. The minimum Gasteiger partial charge on any atom is -0.312 e. The van der Waals surface area contributed by atoms with E-state index in [0.717, 1.165) is 18.4 Å². The highest BCUT2D eigenvalue weighted by molar-refractivity contribution is 7.91. The van der Waals surface area contributed by atoms with E-state index in [0.29, 0.717) is 6.42 Å². The molecule has 1 unspecified atom stereocenters. The van der Waals surface area contributed by atoms with E-state index in [-0.39, 0.29) is 17.5 Å². The first-order valence-electron chi connectivity index (χ1n) is 6.99. The smallest absolute Gasteiger partial charge is 0.152 e. The summed E-state index contributed by atoms with van der Waals surface area (Å²) in [6.45, 7) is 4.05. The van der Waals surface area contributed by atoms with Crippen molar-refractivity contribution in [2.45, 2.75) is 39.2 Å². The van der Waals surface area contributed by atoms with Gasteiger partial charge >= 0.3 is 0 Å². The molecule has 0 heterocycles. The molecule has 19 heavy (non-hydrogen) atoms. The van der Waals surface area contributed by atoms with E-state index in [2.05, 4.69) is 24.4 Å². The van der Waals surface area contributed by atoms with Crippen LogP contribution in [0.25, 0.3) is 0 Å². The maximum atomic E-state index is 11.9. The number of aryl methyl sites for hydroxylation is 1. The van der Waals surface area contributed by atoms with E-state index in [1.54, 1.807) is 0 Å². The normalized spacial score (nSPS) is 13.4. The molecule has 0 spiro atoms. The molecule has 0 aliphatic carbocycles. The molecule has 0 saturated heterocycles. The van der Waals surface area contributed by atoms with Crippen LogP contribution in [-0.4, -0.2) is 27.0 Å². The molecule has 108 valence electrons. The molecule has 1 atom stereocenters. The van der Waals surface area contributed by atoms with Crippen molar-refractivity contribution >= 4 is 9.84 Å². The summed E-state index contributed by atoms with van der Waals surface area (Å²) in [5, 5.41) is 3.11. The second kappa shape index (κ2) is 7.65. The zero-order valence-electron chi connectivity index (χ0n) is 12.1. The molecule has 1 aromatic rings. The Morgan fingerprint density at radius 3 is 2.21 bits per heavy atom. The molecule has 1 N–H and O–H groups in total. The highest BCUT2D eigenvalue weighted by Crippen LogP contribution is 2.17. The van der Waals surface area contributed by atoms with Crippen LogP contribution in [0.5, 0.6) is 0 Å². The number of sulfone groups is 1. The average Bonchev–Trinajstić information content (AvgIpc) is 2.37. The lowest BCUT2D eigenvalue weighted by Crippen LogP contribution is -2.26. The maximum absolute atomic E-state index is 11.9. The van der Waals surface area contributed by atoms with Gasteiger partial charge in [0.25, 0.3) is 0 Å². The third-order valence-electron chi connectivity index (χ3n) is 3.20. The van der Waals surface area contributed by atoms with Gasteiger partial charge in [-0.1, -0.05) is 44.5 Å². The van der Waals surface area contributed by atoms with Gasteiger partial charge in [0.1, 0.15) is 0 Å². The number of benzene rings is 1. The van der Waals surface area contributed by atoms with E-state index >= 15 is 0 Å². The van der Waals surface area contributed by atoms with Crippen LogP contribution in [0.4, 0.5) is 0 Å². The lowest BCUT2D eigenvalue weighted by atomic mass is 10.0. The van der Waals surface area contributed by atoms with Crippen molar-refractivity contribution in [2.75, 3.05) is 18.6 Å². The van der Waals surface area contributed by atoms with E-state index < -0.39 is 9.84 Å². The van der Waals surface area contributed by atoms with Gasteiger partial charge in [-0.3, -0.25) is 0 Å². The summed E-state index contributed by atoms with van der Waals surface area (Å²) in [7, 11) is -1.16. The van der Waals surface area contributed by atoms with E-state index in [9.17, 15) is 8.42 Å². The summed E-state index contributed by atoms with van der Waals surface area (Å²) in [6.07, 6.45) is 2.87. The van der Waals surface area contributed by atoms with Gasteiger partial charge in [0.05, 0.1) is 5.75 Å². The number of nitrogens with one attached hydrogen (secondary N) is 1. The summed E-state index contributed by atoms with van der Waals surface area (Å²) in [4.78, 5) is 0. The van der Waals surface area contributed by atoms with Gasteiger partial charge in [-0.2, -0.15) is 0 Å². The Balaban J connectivity index is 2.79. The molecule has 0 amide bonds. The van der Waals surface area contributed by atoms with Crippen molar-refractivity contribution in [3.8, 4) is 0 Å². The van der Waals surface area contributed by atoms with Crippen molar-refractivity contribution in [2.24, 2.45) is 0 Å². The lowest BCUT2D eigenvalue weighted by Gasteiger charge is -2.17. The fraction of sp³-hybridized carbons (Fsp3) is 0.600. The first-order valence-corrected chi connectivity index (χ1v) is 8.81. The van der Waals surface area contributed by atoms with Crippen LogP contribution in [-0.2, 0) is 16.3 Å². The van der Waals surface area contributed by atoms with Gasteiger partial charge in [-0.25, -0.2) is 8.42 Å². The standard InChI is InChI=1S/C15H25NO2S/c1-4-6-13-7-9-14(10-8-13)15(16-3)12-19(17,18)11-5-2/h7-10,15-16H,4-6,11-12H2,1-3H3. The third kappa shape index (κ3) is 5.33. The van der Waals surface area contributed by atoms with Gasteiger partial charge in [0.15, 0.2) is 9.84 Å². The number of hydrogen-bond donors (Lipinski definition) is 1. The molecular formula is C15H25NO2S. The lowest BCUT2D eigenvalue weighted by molar-refractivity contribution is 0.573. The van der Waals surface area contributed by atoms with Crippen LogP contribution in [0.15, 0.2) is 24.3 Å². The summed E-state index contributed by atoms with van der Waals surface area (Å²) >= 11 is 0. The van der Waals surface area contributed by atoms with Crippen molar-refractivity contribution in [1.29, 1.82) is 0 Å². The van der Waals surface area contributed by atoms with E-state index in [1.165, 1.54) is 5.56 Å². The molecule has 0 aliphatic rings. The third-order valence-corrected chi connectivity index (χ3v) is 5.08. The van der Waals surface area contributed by atoms with Gasteiger partial charge in [0.2, 0.25) is 0 Å². The minimum absolute atomic E-state index is 0.118. The second-order valence-corrected chi connectivity index (χ2v) is 7.18. The predicted octanol–water partition coefficient (Wildman–Crippen LogP) is 2.72. The molecule has 0 radical (unpaired) electrons. The van der Waals surface area contributed by atoms with Crippen molar-refractivity contribution in [3.63, 3.8) is 0 Å². The van der Waals surface area contributed by atoms with Gasteiger partial charge in [0, 0.05) is 11.8 Å². The highest BCUT2D eigenvalue weighted by Gasteiger charge is 2.18. The Kier molecular flexibility index (Phi) is 6.52. The summed E-state index contributed by atoms with van der Waals surface area (Å²) < 4.78 is 23.8. The maximum Gasteiger partial charge on any atom is 0.152 e. The van der Waals surface area contributed by atoms with Crippen LogP contribution in [0, 0.1) is 0 Å². The summed E-state index contributed by atoms with van der Waals surface area (Å²) in [5.41, 5.74) is 2.35. The van der Waals surface area contributed by atoms with Crippen LogP contribution >= 0.6 is 0 Å². The molecule has 0 saturated carbocycles. The van der Waals surface area contributed by atoms with Gasteiger partial charge in [-0.05, 0) is 31.0 Å². The van der Waals surface area contributed by atoms with Crippen LogP contribution in [0.2, 0.25) is 0 Å². The van der Waals surface area contributed by atoms with Crippen molar-refractivity contribution in [3.05, 3.63) is 35.4 Å². The Morgan fingerprint density at radius 1 is 1.11 bits per heavy atom. The zero-order chi connectivity index (χ0) is 14.3. The molecule has 3 nitrogen and oxygen atoms in total. The van der Waals surface area contributed by atoms with Crippen LogP contribution in [0.1, 0.15) is 43.9 Å². The zero-order valence-corrected chi connectivity index (χ0v) is 13.0. The second-order valence-electron chi connectivity index (χ2n) is 4.95. The van der Waals surface area contributed by atoms with Gasteiger partial charge in [-0.15, -0.1) is 0 Å². The van der Waals surface area contributed by atoms with E-state index in [4.69, 9.17) is 0 Å². The van der Waals surface area contributed by atoms with Gasteiger partial charge < -0.3 is 5.32 Å². The molecule has 1 aromatic carbocycles. The predicted molar refractivity (Wildman–Crippen MR) is 81.2 cm³/mol. The largest absolute Gasteiger partial charge is 0.312 e. The Bertz CT molecular complexity index is 465. The average molecular weight is 283 g/mol. The fourth-order valence-corrected chi connectivity index (χ4v) is 3.86. The molecular weight excluding hydrogens is 258 g/mol. The summed E-state index contributed by atoms with van der Waals surface area (Å²) in [6, 6.07) is 8.14. The molecule has 0 aromatic heterocycles. The molecule has 0 bridgehead atoms. The molecule has 1 rings (SSSR count). The molecule has 0 fully saturated rings. The topological polar surface area (TPSA) is 46.2 Å². The first kappa shape index (κ1) is 16.2. The Labute approximate surface area is 117 Å². The van der Waals surface area contributed by atoms with Crippen molar-refractivity contribution in [1.82, 2.24) is 5.32 Å². The molecule has 0 aliphatic heterocycles.